The molecule has 1 amide bonds. The highest BCUT2D eigenvalue weighted by molar-refractivity contribution is 5.98. The molecular weight excluding hydrogens is 356 g/mol. The van der Waals surface area contributed by atoms with Crippen LogP contribution in [0, 0.1) is 24.7 Å². The highest BCUT2D eigenvalue weighted by atomic mass is 16.5. The minimum Gasteiger partial charge on any atom is -0.452 e. The van der Waals surface area contributed by atoms with E-state index >= 15 is 0 Å². The average molecular weight is 382 g/mol. The number of hydrogen-bond donors (Lipinski definition) is 1. The van der Waals surface area contributed by atoms with E-state index in [9.17, 15) is 9.59 Å². The fraction of sp³-hybridized carbons (Fsp3) is 0.500. The Morgan fingerprint density at radius 1 is 1.25 bits per heavy atom. The number of nitrogens with zero attached hydrogens (tertiary/aromatic N) is 1. The first kappa shape index (κ1) is 18.7. The van der Waals surface area contributed by atoms with Crippen molar-refractivity contribution < 1.29 is 18.8 Å². The van der Waals surface area contributed by atoms with Crippen molar-refractivity contribution in [3.05, 3.63) is 41.7 Å². The summed E-state index contributed by atoms with van der Waals surface area (Å²) in [5.41, 5.74) is 1.46. The second-order valence-electron chi connectivity index (χ2n) is 8.10. The summed E-state index contributed by atoms with van der Waals surface area (Å²) < 4.78 is 10.5. The summed E-state index contributed by atoms with van der Waals surface area (Å²) in [4.78, 5) is 24.9. The SMILES string of the molecule is Cc1onc(-c2ccccc2)c1C(=O)OCC(=O)N[C@@H](C)[C@H]1C[C@H]2CC[C@H]1C2. The van der Waals surface area contributed by atoms with Crippen LogP contribution in [-0.4, -0.2) is 29.7 Å². The van der Waals surface area contributed by atoms with Crippen LogP contribution in [0.4, 0.5) is 0 Å². The molecule has 1 aromatic heterocycles. The van der Waals surface area contributed by atoms with Gasteiger partial charge >= 0.3 is 5.97 Å². The van der Waals surface area contributed by atoms with Crippen LogP contribution < -0.4 is 5.32 Å². The molecule has 2 aromatic rings. The van der Waals surface area contributed by atoms with E-state index in [2.05, 4.69) is 17.4 Å². The number of nitrogens with one attached hydrogen (secondary N) is 1. The number of aryl methyl sites for hydroxylation is 1. The van der Waals surface area contributed by atoms with Crippen LogP contribution in [0.3, 0.4) is 0 Å². The molecule has 0 saturated heterocycles. The zero-order valence-corrected chi connectivity index (χ0v) is 16.3. The second kappa shape index (κ2) is 7.78. The first-order chi connectivity index (χ1) is 13.5. The Hall–Kier alpha value is -2.63. The lowest BCUT2D eigenvalue weighted by Crippen LogP contribution is -2.42. The van der Waals surface area contributed by atoms with Gasteiger partial charge in [0.25, 0.3) is 5.91 Å². The Morgan fingerprint density at radius 3 is 2.71 bits per heavy atom. The lowest BCUT2D eigenvalue weighted by atomic mass is 9.84. The summed E-state index contributed by atoms with van der Waals surface area (Å²) in [5, 5.41) is 6.99. The van der Waals surface area contributed by atoms with E-state index in [1.54, 1.807) is 6.92 Å². The molecule has 28 heavy (non-hydrogen) atoms. The van der Waals surface area contributed by atoms with Gasteiger partial charge in [-0.05, 0) is 50.9 Å². The Kier molecular flexibility index (Phi) is 5.20. The summed E-state index contributed by atoms with van der Waals surface area (Å²) in [6.07, 6.45) is 5.11. The second-order valence-corrected chi connectivity index (χ2v) is 8.10. The molecule has 148 valence electrons. The van der Waals surface area contributed by atoms with Crippen molar-refractivity contribution in [2.45, 2.75) is 45.6 Å². The first-order valence-corrected chi connectivity index (χ1v) is 10.0. The largest absolute Gasteiger partial charge is 0.452 e. The molecule has 2 aliphatic carbocycles. The molecule has 0 aliphatic heterocycles. The van der Waals surface area contributed by atoms with E-state index in [4.69, 9.17) is 9.26 Å². The first-order valence-electron chi connectivity index (χ1n) is 10.0. The third-order valence-corrected chi connectivity index (χ3v) is 6.27. The van der Waals surface area contributed by atoms with Gasteiger partial charge in [0, 0.05) is 11.6 Å². The molecule has 0 unspecified atom stereocenters. The van der Waals surface area contributed by atoms with Crippen LogP contribution in [-0.2, 0) is 9.53 Å². The Balaban J connectivity index is 1.34. The minimum atomic E-state index is -0.597. The molecule has 0 radical (unpaired) electrons. The summed E-state index contributed by atoms with van der Waals surface area (Å²) in [5.74, 6) is 1.62. The van der Waals surface area contributed by atoms with Crippen molar-refractivity contribution in [2.24, 2.45) is 17.8 Å². The number of aromatic nitrogens is 1. The van der Waals surface area contributed by atoms with Crippen molar-refractivity contribution in [1.29, 1.82) is 0 Å². The molecule has 6 heteroatoms. The van der Waals surface area contributed by atoms with Crippen molar-refractivity contribution >= 4 is 11.9 Å². The van der Waals surface area contributed by atoms with Crippen LogP contribution >= 0.6 is 0 Å². The molecule has 2 aliphatic rings. The van der Waals surface area contributed by atoms with Crippen molar-refractivity contribution in [3.63, 3.8) is 0 Å². The number of esters is 1. The van der Waals surface area contributed by atoms with Gasteiger partial charge in [0.2, 0.25) is 0 Å². The fourth-order valence-corrected chi connectivity index (χ4v) is 4.92. The number of hydrogen-bond acceptors (Lipinski definition) is 5. The van der Waals surface area contributed by atoms with Crippen molar-refractivity contribution in [2.75, 3.05) is 6.61 Å². The lowest BCUT2D eigenvalue weighted by molar-refractivity contribution is -0.125. The predicted octanol–water partition coefficient (Wildman–Crippen LogP) is 3.75. The van der Waals surface area contributed by atoms with E-state index in [1.807, 2.05) is 30.3 Å². The molecule has 1 N–H and O–H groups in total. The van der Waals surface area contributed by atoms with E-state index in [0.717, 1.165) is 17.4 Å². The molecule has 6 nitrogen and oxygen atoms in total. The number of amides is 1. The predicted molar refractivity (Wildman–Crippen MR) is 104 cm³/mol. The molecule has 1 heterocycles. The summed E-state index contributed by atoms with van der Waals surface area (Å²) in [7, 11) is 0. The van der Waals surface area contributed by atoms with Crippen LogP contribution in [0.25, 0.3) is 11.3 Å². The maximum Gasteiger partial charge on any atom is 0.344 e. The fourth-order valence-electron chi connectivity index (χ4n) is 4.92. The molecular formula is C22H26N2O4. The number of carbonyl (C=O) groups excluding carboxylic acids is 2. The number of carbonyl (C=O) groups is 2. The number of fused-ring (bicyclic) bond motifs is 2. The summed E-state index contributed by atoms with van der Waals surface area (Å²) in [6, 6.07) is 9.41. The van der Waals surface area contributed by atoms with Crippen LogP contribution in [0.5, 0.6) is 0 Å². The van der Waals surface area contributed by atoms with E-state index < -0.39 is 5.97 Å². The van der Waals surface area contributed by atoms with Gasteiger partial charge < -0.3 is 14.6 Å². The van der Waals surface area contributed by atoms with Crippen LogP contribution in [0.1, 0.15) is 48.7 Å². The average Bonchev–Trinajstić information content (AvgIpc) is 3.42. The third kappa shape index (κ3) is 3.68. The summed E-state index contributed by atoms with van der Waals surface area (Å²) in [6.45, 7) is 3.42. The smallest absolute Gasteiger partial charge is 0.344 e. The van der Waals surface area contributed by atoms with E-state index in [1.165, 1.54) is 25.7 Å². The van der Waals surface area contributed by atoms with Gasteiger partial charge in [0.05, 0.1) is 0 Å². The zero-order valence-electron chi connectivity index (χ0n) is 16.3. The third-order valence-electron chi connectivity index (χ3n) is 6.27. The topological polar surface area (TPSA) is 81.4 Å². The Labute approximate surface area is 164 Å². The van der Waals surface area contributed by atoms with Gasteiger partial charge in [0.1, 0.15) is 17.0 Å². The number of rotatable bonds is 6. The highest BCUT2D eigenvalue weighted by Crippen LogP contribution is 2.49. The molecule has 2 saturated carbocycles. The van der Waals surface area contributed by atoms with Gasteiger partial charge in [-0.25, -0.2) is 4.79 Å². The van der Waals surface area contributed by atoms with Gasteiger partial charge in [-0.1, -0.05) is 41.9 Å². The maximum absolute atomic E-state index is 12.6. The van der Waals surface area contributed by atoms with Crippen molar-refractivity contribution in [1.82, 2.24) is 10.5 Å². The molecule has 2 fully saturated rings. The van der Waals surface area contributed by atoms with E-state index in [-0.39, 0.29) is 24.1 Å². The van der Waals surface area contributed by atoms with E-state index in [0.29, 0.717) is 17.4 Å². The standard InChI is InChI=1S/C22H26N2O4/c1-13(18-11-15-8-9-17(18)10-15)23-19(25)12-27-22(26)20-14(2)28-24-21(20)16-6-4-3-5-7-16/h3-7,13,15,17-18H,8-12H2,1-2H3,(H,23,25)/t13-,15-,17-,18+/m0/s1. The Bertz CT molecular complexity index is 861. The summed E-state index contributed by atoms with van der Waals surface area (Å²) >= 11 is 0. The molecule has 4 atom stereocenters. The number of benzene rings is 1. The molecule has 4 rings (SSSR count). The monoisotopic (exact) mass is 382 g/mol. The zero-order chi connectivity index (χ0) is 19.7. The quantitative estimate of drug-likeness (QED) is 0.770. The number of ether oxygens (including phenoxy) is 1. The van der Waals surface area contributed by atoms with Crippen LogP contribution in [0.15, 0.2) is 34.9 Å². The van der Waals surface area contributed by atoms with Gasteiger partial charge in [0.15, 0.2) is 6.61 Å². The minimum absolute atomic E-state index is 0.110. The molecule has 0 spiro atoms. The van der Waals surface area contributed by atoms with Crippen LogP contribution in [0.2, 0.25) is 0 Å². The molecule has 1 aromatic carbocycles. The van der Waals surface area contributed by atoms with Gasteiger partial charge in [-0.3, -0.25) is 4.79 Å². The van der Waals surface area contributed by atoms with Crippen molar-refractivity contribution in [3.8, 4) is 11.3 Å². The van der Waals surface area contributed by atoms with Gasteiger partial charge in [-0.15, -0.1) is 0 Å². The van der Waals surface area contributed by atoms with Gasteiger partial charge in [-0.2, -0.15) is 0 Å². The lowest BCUT2D eigenvalue weighted by Gasteiger charge is -2.28. The normalized spacial score (nSPS) is 24.1. The molecule has 2 bridgehead atoms. The highest BCUT2D eigenvalue weighted by Gasteiger charge is 2.42. The Morgan fingerprint density at radius 2 is 2.04 bits per heavy atom. The maximum atomic E-state index is 12.6.